The van der Waals surface area contributed by atoms with Gasteiger partial charge in [-0.1, -0.05) is 52.0 Å². The van der Waals surface area contributed by atoms with Gasteiger partial charge in [-0.3, -0.25) is 39.1 Å². The lowest BCUT2D eigenvalue weighted by molar-refractivity contribution is -0.557. The molecule has 4 rings (SSSR count). The Balaban J connectivity index is 1.38. The fourth-order valence-electron chi connectivity index (χ4n) is 7.02. The molecule has 72 heavy (non-hydrogen) atoms. The van der Waals surface area contributed by atoms with Gasteiger partial charge < -0.3 is 41.8 Å². The van der Waals surface area contributed by atoms with Crippen LogP contribution in [-0.4, -0.2) is 107 Å². The molecule has 392 valence electrons. The molecule has 3 atom stereocenters. The number of hydrogen-bond donors (Lipinski definition) is 9. The number of methoxy groups -OCH3 is 1. The summed E-state index contributed by atoms with van der Waals surface area (Å²) in [7, 11) is 3.28. The molecule has 1 fully saturated rings. The molecular weight excluding hydrogens is 952 g/mol. The van der Waals surface area contributed by atoms with E-state index < -0.39 is 81.4 Å². The number of ether oxygens (including phenoxy) is 2. The number of nitrogens with two attached hydrogens (primary N) is 1. The minimum Gasteiger partial charge on any atom is -0.376 e. The molecule has 0 aromatic heterocycles. The van der Waals surface area contributed by atoms with Crippen molar-refractivity contribution in [3.63, 3.8) is 0 Å². The second kappa shape index (κ2) is 26.2. The van der Waals surface area contributed by atoms with E-state index in [-0.39, 0.29) is 48.9 Å². The van der Waals surface area contributed by atoms with E-state index in [1.807, 2.05) is 13.8 Å². The van der Waals surface area contributed by atoms with Gasteiger partial charge >= 0.3 is 5.17 Å². The van der Waals surface area contributed by atoms with Crippen molar-refractivity contribution in [3.8, 4) is 0 Å². The van der Waals surface area contributed by atoms with E-state index in [1.165, 1.54) is 25.1 Å². The first-order valence-electron chi connectivity index (χ1n) is 23.4. The first-order valence-corrected chi connectivity index (χ1v) is 24.3. The lowest BCUT2D eigenvalue weighted by Crippen LogP contribution is -2.54. The number of carbonyl (C=O) groups excluding carboxylic acids is 5. The topological polar surface area (TPSA) is 285 Å². The lowest BCUT2D eigenvalue weighted by Gasteiger charge is -2.31. The molecule has 2 aromatic carbocycles. The number of nitro groups is 1. The van der Waals surface area contributed by atoms with Gasteiger partial charge in [-0.05, 0) is 106 Å². The van der Waals surface area contributed by atoms with Crippen LogP contribution in [0.15, 0.2) is 88.6 Å². The van der Waals surface area contributed by atoms with Gasteiger partial charge in [0.1, 0.15) is 25.2 Å². The van der Waals surface area contributed by atoms with Gasteiger partial charge in [0.15, 0.2) is 11.7 Å². The fraction of sp³-hybridized carbons (Fsp3) is 0.490. The maximum Gasteiger partial charge on any atom is 0.355 e. The molecule has 1 saturated carbocycles. The van der Waals surface area contributed by atoms with E-state index in [0.29, 0.717) is 26.9 Å². The molecule has 0 radical (unpaired) electrons. The van der Waals surface area contributed by atoms with Crippen LogP contribution in [0.1, 0.15) is 96.5 Å². The van der Waals surface area contributed by atoms with Crippen LogP contribution in [-0.2, 0) is 35.2 Å². The van der Waals surface area contributed by atoms with Crippen LogP contribution in [0.3, 0.4) is 0 Å². The van der Waals surface area contributed by atoms with Crippen molar-refractivity contribution in [1.82, 2.24) is 37.8 Å². The number of halogens is 1. The Labute approximate surface area is 424 Å². The number of aliphatic imine (C=N–C) groups is 1. The molecule has 23 heteroatoms. The molecule has 1 aliphatic carbocycles. The molecule has 1 heterocycles. The highest BCUT2D eigenvalue weighted by molar-refractivity contribution is 8.13. The standard InChI is InChI=1S/C49H69FN12O9S/c1-28(2)41(56-39(63)23-30(4)40(51)45(66)53-26-48(6,7)71-27-49(8,9)70-11)46(67)54-31(5)43(64)55-34-18-16-32(17-19-34)25-52-42(37(50)22-29(3)33-14-12-13-15-33)57-44(65)36-24-35(62(68)69)20-21-38(36)72-47-58-59-60-61(47)10/h16-22,24,28,31,33,40-41,59-60H,3-4,12-15,23,25-27,51H2,1-2,5-11H3,(H5,52,53,54,55,56,57,63,64,65,66,67)/p+1/b37-22+/t31-,40-,41-/m0/s1. The number of nitro benzene ring substituents is 1. The summed E-state index contributed by atoms with van der Waals surface area (Å²) in [6.45, 7) is 20.5. The summed E-state index contributed by atoms with van der Waals surface area (Å²) in [5.41, 5.74) is 14.4. The van der Waals surface area contributed by atoms with Crippen molar-refractivity contribution in [2.45, 2.75) is 121 Å². The zero-order chi connectivity index (χ0) is 53.5. The number of nitrogens with zero attached hydrogens (tertiary/aromatic N) is 3. The number of hydrogen-bond acceptors (Lipinski definition) is 15. The molecular formula is C49H70FN12O9S+. The Morgan fingerprint density at radius 1 is 1.01 bits per heavy atom. The molecule has 0 unspecified atom stereocenters. The number of amidine groups is 2. The van der Waals surface area contributed by atoms with Gasteiger partial charge in [0.2, 0.25) is 23.6 Å². The lowest BCUT2D eigenvalue weighted by atomic mass is 9.98. The first-order chi connectivity index (χ1) is 33.8. The summed E-state index contributed by atoms with van der Waals surface area (Å²) in [4.78, 5) is 82.4. The number of amides is 5. The third-order valence-corrected chi connectivity index (χ3v) is 12.9. The van der Waals surface area contributed by atoms with Crippen LogP contribution in [0.25, 0.3) is 0 Å². The summed E-state index contributed by atoms with van der Waals surface area (Å²) in [6.07, 6.45) is 4.61. The van der Waals surface area contributed by atoms with Crippen LogP contribution in [0, 0.1) is 22.0 Å². The van der Waals surface area contributed by atoms with Crippen LogP contribution in [0.2, 0.25) is 0 Å². The molecule has 0 bridgehead atoms. The Bertz CT molecular complexity index is 2450. The number of hydrazone groups is 1. The molecule has 2 aliphatic rings. The van der Waals surface area contributed by atoms with E-state index in [2.05, 4.69) is 61.2 Å². The maximum absolute atomic E-state index is 16.2. The zero-order valence-electron chi connectivity index (χ0n) is 42.5. The molecule has 10 N–H and O–H groups in total. The smallest absolute Gasteiger partial charge is 0.355 e. The number of allylic oxidation sites excluding steroid dienone is 2. The second-order valence-corrected chi connectivity index (χ2v) is 20.2. The largest absolute Gasteiger partial charge is 0.376 e. The number of anilines is 1. The summed E-state index contributed by atoms with van der Waals surface area (Å²) >= 11 is 1.10. The Morgan fingerprint density at radius 3 is 2.28 bits per heavy atom. The minimum atomic E-state index is -1.22. The Hall–Kier alpha value is -6.53. The van der Waals surface area contributed by atoms with E-state index in [9.17, 15) is 34.1 Å². The second-order valence-electron chi connectivity index (χ2n) is 19.2. The van der Waals surface area contributed by atoms with Gasteiger partial charge in [-0.15, -0.1) is 4.68 Å². The van der Waals surface area contributed by atoms with Gasteiger partial charge in [-0.25, -0.2) is 4.39 Å². The van der Waals surface area contributed by atoms with E-state index in [1.54, 1.807) is 70.8 Å². The van der Waals surface area contributed by atoms with Crippen molar-refractivity contribution in [1.29, 1.82) is 0 Å². The van der Waals surface area contributed by atoms with Crippen LogP contribution in [0.5, 0.6) is 0 Å². The summed E-state index contributed by atoms with van der Waals surface area (Å²) in [5, 5.41) is 25.6. The molecule has 1 aliphatic heterocycles. The van der Waals surface area contributed by atoms with Gasteiger partial charge in [0, 0.05) is 54.6 Å². The molecule has 0 spiro atoms. The SMILES string of the molecule is C=C(/C=C(/F)C(=NCc1ccc(NC(=O)[C@H](C)NC(=O)[C@@H](NC(=O)CC(=C)[C@H](N)C(=O)NCC(C)(C)OCC(C)(C)OC)C(C)C)cc1)NC(=O)c1cc([N+](=O)[O-])ccc1SC1=[N+](C)NNN1)C1CCCC1. The van der Waals surface area contributed by atoms with E-state index in [0.717, 1.165) is 43.5 Å². The predicted octanol–water partition coefficient (Wildman–Crippen LogP) is 4.33. The summed E-state index contributed by atoms with van der Waals surface area (Å²) in [6, 6.07) is 6.92. The minimum absolute atomic E-state index is 0.0766. The summed E-state index contributed by atoms with van der Waals surface area (Å²) in [5.74, 6) is -4.76. The van der Waals surface area contributed by atoms with E-state index in [4.69, 9.17) is 15.2 Å². The first kappa shape index (κ1) is 58.0. The maximum atomic E-state index is 16.2. The van der Waals surface area contributed by atoms with Crippen LogP contribution in [0.4, 0.5) is 15.8 Å². The Morgan fingerprint density at radius 2 is 1.68 bits per heavy atom. The van der Waals surface area contributed by atoms with Crippen LogP contribution < -0.4 is 48.8 Å². The molecule has 2 aromatic rings. The number of benzene rings is 2. The fourth-order valence-corrected chi connectivity index (χ4v) is 7.91. The highest BCUT2D eigenvalue weighted by atomic mass is 32.2. The number of rotatable bonds is 24. The molecule has 0 saturated heterocycles. The normalized spacial score (nSPS) is 15.7. The van der Waals surface area contributed by atoms with Gasteiger partial charge in [0.25, 0.3) is 11.6 Å². The number of nitrogens with one attached hydrogen (secondary N) is 8. The van der Waals surface area contributed by atoms with Crippen LogP contribution >= 0.6 is 11.8 Å². The average Bonchev–Trinajstić information content (AvgIpc) is 4.03. The number of non-ortho nitro benzene ring substituents is 1. The van der Waals surface area contributed by atoms with Crippen molar-refractivity contribution >= 4 is 63.7 Å². The third kappa shape index (κ3) is 17.6. The third-order valence-electron chi connectivity index (χ3n) is 11.8. The van der Waals surface area contributed by atoms with Crippen molar-refractivity contribution in [2.24, 2.45) is 22.6 Å². The molecule has 21 nitrogen and oxygen atoms in total. The Kier molecular flexibility index (Phi) is 21.2. The highest BCUT2D eigenvalue weighted by Gasteiger charge is 2.31. The monoisotopic (exact) mass is 1020 g/mol. The number of hydrazine groups is 3. The number of carbonyl (C=O) groups is 5. The van der Waals surface area contributed by atoms with Gasteiger partial charge in [0.05, 0.1) is 34.8 Å². The van der Waals surface area contributed by atoms with Crippen molar-refractivity contribution in [3.05, 3.63) is 99.9 Å². The molecule has 5 amide bonds. The average molecular weight is 1020 g/mol. The predicted molar refractivity (Wildman–Crippen MR) is 274 cm³/mol. The van der Waals surface area contributed by atoms with E-state index >= 15 is 4.39 Å². The number of thioether (sulfide) groups is 1. The van der Waals surface area contributed by atoms with Crippen molar-refractivity contribution < 1.29 is 47.4 Å². The van der Waals surface area contributed by atoms with Crippen molar-refractivity contribution in [2.75, 3.05) is 32.6 Å². The summed E-state index contributed by atoms with van der Waals surface area (Å²) < 4.78 is 29.0. The zero-order valence-corrected chi connectivity index (χ0v) is 43.3. The quantitative estimate of drug-likeness (QED) is 0.0135. The highest BCUT2D eigenvalue weighted by Crippen LogP contribution is 2.32. The van der Waals surface area contributed by atoms with Gasteiger partial charge in [-0.2, -0.15) is 11.0 Å².